The zero-order chi connectivity index (χ0) is 5.49. The molecule has 1 aliphatic rings. The van der Waals surface area contributed by atoms with E-state index < -0.39 is 0 Å². The number of hydrogen-bond acceptors (Lipinski definition) is 0. The number of hydrogen-bond donors (Lipinski definition) is 0. The predicted molar refractivity (Wildman–Crippen MR) is 30.7 cm³/mol. The Labute approximate surface area is 44.9 Å². The zero-order valence-electron chi connectivity index (χ0n) is 5.08. The van der Waals surface area contributed by atoms with Gasteiger partial charge in [0.25, 0.3) is 0 Å². The summed E-state index contributed by atoms with van der Waals surface area (Å²) in [4.78, 5) is 0. The van der Waals surface area contributed by atoms with Gasteiger partial charge in [0.15, 0.2) is 0 Å². The normalized spacial score (nSPS) is 21.1. The first kappa shape index (κ1) is 4.71. The minimum absolute atomic E-state index is 0.250. The standard InChI is InChI=1S/C7H10/c1-6(2)7(3)4-5-7/h6H,1-3H3. The van der Waals surface area contributed by atoms with Crippen LogP contribution in [0.3, 0.4) is 0 Å². The lowest BCUT2D eigenvalue weighted by Gasteiger charge is -2.09. The summed E-state index contributed by atoms with van der Waals surface area (Å²) in [6.07, 6.45) is 0. The smallest absolute Gasteiger partial charge is 0.0818 e. The van der Waals surface area contributed by atoms with Crippen molar-refractivity contribution in [1.29, 1.82) is 0 Å². The molecular weight excluding hydrogens is 84.1 g/mol. The Balaban J connectivity index is 2.42. The van der Waals surface area contributed by atoms with Gasteiger partial charge in [0.1, 0.15) is 0 Å². The van der Waals surface area contributed by atoms with Gasteiger partial charge >= 0.3 is 0 Å². The molecule has 0 aromatic carbocycles. The van der Waals surface area contributed by atoms with Gasteiger partial charge in [-0.25, -0.2) is 0 Å². The summed E-state index contributed by atoms with van der Waals surface area (Å²) in [6.45, 7) is 6.53. The summed E-state index contributed by atoms with van der Waals surface area (Å²) in [7, 11) is 0. The van der Waals surface area contributed by atoms with Crippen LogP contribution in [0.5, 0.6) is 0 Å². The summed E-state index contributed by atoms with van der Waals surface area (Å²) in [5.74, 6) is 6.81. The molecule has 0 saturated carbocycles. The Bertz CT molecular complexity index is 124. The molecule has 1 rings (SSSR count). The van der Waals surface area contributed by atoms with Crippen LogP contribution in [0.4, 0.5) is 0 Å². The summed E-state index contributed by atoms with van der Waals surface area (Å²) >= 11 is 0. The van der Waals surface area contributed by atoms with Crippen molar-refractivity contribution in [3.63, 3.8) is 0 Å². The zero-order valence-corrected chi connectivity index (χ0v) is 5.08. The van der Waals surface area contributed by atoms with E-state index in [1.165, 1.54) is 0 Å². The second-order valence-corrected chi connectivity index (χ2v) is 2.61. The Morgan fingerprint density at radius 1 is 1.29 bits per heavy atom. The van der Waals surface area contributed by atoms with Crippen LogP contribution in [0.25, 0.3) is 0 Å². The maximum absolute atomic E-state index is 3.06. The molecule has 0 atom stereocenters. The molecule has 0 spiro atoms. The van der Waals surface area contributed by atoms with Crippen LogP contribution in [0.15, 0.2) is 0 Å². The van der Waals surface area contributed by atoms with Crippen LogP contribution in [-0.4, -0.2) is 0 Å². The van der Waals surface area contributed by atoms with Gasteiger partial charge in [0.05, 0.1) is 5.41 Å². The predicted octanol–water partition coefficient (Wildman–Crippen LogP) is 1.67. The quantitative estimate of drug-likeness (QED) is 0.433. The highest BCUT2D eigenvalue weighted by Crippen LogP contribution is 2.32. The average molecular weight is 94.2 g/mol. The second kappa shape index (κ2) is 1.04. The molecule has 1 aliphatic carbocycles. The van der Waals surface area contributed by atoms with Crippen molar-refractivity contribution in [1.82, 2.24) is 0 Å². The van der Waals surface area contributed by atoms with E-state index in [1.54, 1.807) is 0 Å². The Morgan fingerprint density at radius 2 is 1.71 bits per heavy atom. The average Bonchev–Trinajstić information content (AvgIpc) is 2.21. The summed E-state index contributed by atoms with van der Waals surface area (Å²) < 4.78 is 0. The fourth-order valence-electron chi connectivity index (χ4n) is 0.387. The molecule has 0 radical (unpaired) electrons. The Hall–Kier alpha value is -0.440. The molecule has 0 nitrogen and oxygen atoms in total. The molecule has 0 saturated heterocycles. The van der Waals surface area contributed by atoms with Gasteiger partial charge in [-0.05, 0) is 12.8 Å². The lowest BCUT2D eigenvalue weighted by molar-refractivity contribution is 0.453. The van der Waals surface area contributed by atoms with Crippen LogP contribution >= 0.6 is 0 Å². The van der Waals surface area contributed by atoms with Crippen molar-refractivity contribution < 1.29 is 0 Å². The fourth-order valence-corrected chi connectivity index (χ4v) is 0.387. The molecular formula is C7H10. The van der Waals surface area contributed by atoms with Crippen molar-refractivity contribution in [2.75, 3.05) is 0 Å². The van der Waals surface area contributed by atoms with Gasteiger partial charge in [-0.15, -0.1) is 0 Å². The van der Waals surface area contributed by atoms with Gasteiger partial charge in [0.2, 0.25) is 0 Å². The summed E-state index contributed by atoms with van der Waals surface area (Å²) in [6, 6.07) is 0. The first-order valence-electron chi connectivity index (χ1n) is 2.69. The Morgan fingerprint density at radius 3 is 1.71 bits per heavy atom. The molecule has 0 unspecified atom stereocenters. The van der Waals surface area contributed by atoms with Crippen molar-refractivity contribution >= 4 is 0 Å². The van der Waals surface area contributed by atoms with Crippen LogP contribution < -0.4 is 0 Å². The maximum atomic E-state index is 3.06. The molecule has 0 heteroatoms. The molecule has 0 fully saturated rings. The van der Waals surface area contributed by atoms with Gasteiger partial charge in [-0.2, -0.15) is 0 Å². The lowest BCUT2D eigenvalue weighted by atomic mass is 9.91. The van der Waals surface area contributed by atoms with Gasteiger partial charge in [0, 0.05) is 0 Å². The summed E-state index contributed by atoms with van der Waals surface area (Å²) in [5, 5.41) is 0. The molecule has 0 heterocycles. The number of rotatable bonds is 1. The van der Waals surface area contributed by atoms with E-state index in [0.29, 0.717) is 5.92 Å². The van der Waals surface area contributed by atoms with Crippen molar-refractivity contribution in [2.24, 2.45) is 11.3 Å². The summed E-state index contributed by atoms with van der Waals surface area (Å²) in [5.41, 5.74) is 0.250. The van der Waals surface area contributed by atoms with Crippen LogP contribution in [-0.2, 0) is 0 Å². The topological polar surface area (TPSA) is 0 Å². The highest BCUT2D eigenvalue weighted by molar-refractivity contribution is 5.39. The van der Waals surface area contributed by atoms with E-state index in [-0.39, 0.29) is 5.41 Å². The third-order valence-corrected chi connectivity index (χ3v) is 1.67. The minimum atomic E-state index is 0.250. The molecule has 0 amide bonds. The minimum Gasteiger partial charge on any atom is -0.0818 e. The van der Waals surface area contributed by atoms with E-state index in [2.05, 4.69) is 32.6 Å². The fraction of sp³-hybridized carbons (Fsp3) is 0.714. The largest absolute Gasteiger partial charge is 0.0914 e. The molecule has 0 aliphatic heterocycles. The third-order valence-electron chi connectivity index (χ3n) is 1.67. The highest BCUT2D eigenvalue weighted by atomic mass is 14.3. The molecule has 0 bridgehead atoms. The van der Waals surface area contributed by atoms with Crippen molar-refractivity contribution in [3.05, 3.63) is 0 Å². The molecule has 0 aromatic heterocycles. The molecule has 0 N–H and O–H groups in total. The highest BCUT2D eigenvalue weighted by Gasteiger charge is 2.31. The molecule has 7 heavy (non-hydrogen) atoms. The van der Waals surface area contributed by atoms with Crippen molar-refractivity contribution in [2.45, 2.75) is 20.8 Å². The van der Waals surface area contributed by atoms with Crippen LogP contribution in [0.2, 0.25) is 0 Å². The van der Waals surface area contributed by atoms with Gasteiger partial charge in [-0.1, -0.05) is 25.7 Å². The lowest BCUT2D eigenvalue weighted by Crippen LogP contribution is -2.07. The van der Waals surface area contributed by atoms with Crippen LogP contribution in [0, 0.1) is 23.2 Å². The maximum Gasteiger partial charge on any atom is 0.0914 e. The van der Waals surface area contributed by atoms with Gasteiger partial charge in [-0.3, -0.25) is 0 Å². The van der Waals surface area contributed by atoms with E-state index in [0.717, 1.165) is 0 Å². The van der Waals surface area contributed by atoms with Crippen LogP contribution in [0.1, 0.15) is 20.8 Å². The third kappa shape index (κ3) is 0.632. The van der Waals surface area contributed by atoms with Gasteiger partial charge < -0.3 is 0 Å². The monoisotopic (exact) mass is 94.1 g/mol. The Kier molecular flexibility index (Phi) is 0.698. The molecule has 0 aromatic rings. The van der Waals surface area contributed by atoms with E-state index >= 15 is 0 Å². The van der Waals surface area contributed by atoms with Crippen molar-refractivity contribution in [3.8, 4) is 11.8 Å². The second-order valence-electron chi connectivity index (χ2n) is 2.61. The first-order valence-corrected chi connectivity index (χ1v) is 2.69. The van der Waals surface area contributed by atoms with E-state index in [1.807, 2.05) is 0 Å². The van der Waals surface area contributed by atoms with E-state index in [9.17, 15) is 0 Å². The SMILES string of the molecule is CC(C)C1(C)C#C1. The van der Waals surface area contributed by atoms with E-state index in [4.69, 9.17) is 0 Å². The first-order chi connectivity index (χ1) is 3.15. The molecule has 38 valence electrons.